The first kappa shape index (κ1) is 5.94. The number of carbonyl (C=O) groups is 2. The number of hydrogen-bond acceptors (Lipinski definition) is 3. The number of amides is 1. The van der Waals surface area contributed by atoms with Crippen LogP contribution in [0.2, 0.25) is 0 Å². The van der Waals surface area contributed by atoms with Gasteiger partial charge in [-0.1, -0.05) is 0 Å². The molecule has 1 amide bonds. The van der Waals surface area contributed by atoms with Crippen molar-refractivity contribution in [1.29, 1.82) is 0 Å². The number of primary amides is 1. The van der Waals surface area contributed by atoms with Gasteiger partial charge in [0.15, 0.2) is 0 Å². The molecule has 0 fully saturated rings. The summed E-state index contributed by atoms with van der Waals surface area (Å²) in [7, 11) is 1.09. The predicted octanol–water partition coefficient (Wildman–Crippen LogP) is -1.36. The highest BCUT2D eigenvalue weighted by Crippen LogP contribution is 1.65. The number of hydrogen-bond donors (Lipinski definition) is 1. The summed E-state index contributed by atoms with van der Waals surface area (Å²) < 4.78 is 3.90. The standard InChI is InChI=1S/C3H5NO3/c1-7-3(6)2(4)5/h1H3,(H2,4,5). The SMILES string of the molecule is COC(=O)C(N)=O. The zero-order valence-corrected chi connectivity index (χ0v) is 3.80. The molecule has 0 bridgehead atoms. The van der Waals surface area contributed by atoms with Crippen molar-refractivity contribution in [2.24, 2.45) is 5.73 Å². The summed E-state index contributed by atoms with van der Waals surface area (Å²) in [5, 5.41) is 0. The van der Waals surface area contributed by atoms with Crippen LogP contribution in [0, 0.1) is 0 Å². The van der Waals surface area contributed by atoms with Gasteiger partial charge in [-0.05, 0) is 0 Å². The van der Waals surface area contributed by atoms with Crippen LogP contribution in [0.25, 0.3) is 0 Å². The monoisotopic (exact) mass is 103 g/mol. The minimum atomic E-state index is -1.07. The highest BCUT2D eigenvalue weighted by molar-refractivity contribution is 6.31. The fourth-order valence-corrected chi connectivity index (χ4v) is 0.101. The average Bonchev–Trinajstić information content (AvgIpc) is 1.65. The first-order valence-electron chi connectivity index (χ1n) is 1.56. The van der Waals surface area contributed by atoms with Crippen LogP contribution in [0.3, 0.4) is 0 Å². The highest BCUT2D eigenvalue weighted by atomic mass is 16.5. The van der Waals surface area contributed by atoms with Gasteiger partial charge in [0.05, 0.1) is 7.11 Å². The van der Waals surface area contributed by atoms with Gasteiger partial charge >= 0.3 is 11.9 Å². The fourth-order valence-electron chi connectivity index (χ4n) is 0.101. The molecule has 0 aromatic rings. The smallest absolute Gasteiger partial charge is 0.396 e. The Kier molecular flexibility index (Phi) is 1.84. The van der Waals surface area contributed by atoms with Crippen LogP contribution in [0.4, 0.5) is 0 Å². The van der Waals surface area contributed by atoms with Crippen molar-refractivity contribution in [3.63, 3.8) is 0 Å². The summed E-state index contributed by atoms with van der Waals surface area (Å²) in [5.41, 5.74) is 4.43. The van der Waals surface area contributed by atoms with Gasteiger partial charge in [0, 0.05) is 0 Å². The van der Waals surface area contributed by atoms with Crippen molar-refractivity contribution in [1.82, 2.24) is 0 Å². The number of carbonyl (C=O) groups excluding carboxylic acids is 2. The van der Waals surface area contributed by atoms with Crippen LogP contribution in [-0.4, -0.2) is 19.0 Å². The van der Waals surface area contributed by atoms with Crippen molar-refractivity contribution in [3.8, 4) is 0 Å². The Morgan fingerprint density at radius 2 is 2.00 bits per heavy atom. The molecule has 0 unspecified atom stereocenters. The lowest BCUT2D eigenvalue weighted by Gasteiger charge is -1.86. The molecule has 0 aliphatic carbocycles. The molecule has 4 nitrogen and oxygen atoms in total. The average molecular weight is 103 g/mol. The van der Waals surface area contributed by atoms with E-state index in [-0.39, 0.29) is 0 Å². The first-order chi connectivity index (χ1) is 3.18. The normalized spacial score (nSPS) is 7.57. The van der Waals surface area contributed by atoms with Crippen molar-refractivity contribution in [2.75, 3.05) is 7.11 Å². The van der Waals surface area contributed by atoms with Gasteiger partial charge in [-0.15, -0.1) is 0 Å². The van der Waals surface area contributed by atoms with Crippen LogP contribution in [0.15, 0.2) is 0 Å². The maximum Gasteiger partial charge on any atom is 0.396 e. The van der Waals surface area contributed by atoms with Gasteiger partial charge in [-0.2, -0.15) is 0 Å². The van der Waals surface area contributed by atoms with Crippen LogP contribution in [-0.2, 0) is 14.3 Å². The Morgan fingerprint density at radius 1 is 1.57 bits per heavy atom. The third kappa shape index (κ3) is 1.75. The molecule has 0 saturated carbocycles. The van der Waals surface area contributed by atoms with Crippen LogP contribution < -0.4 is 5.73 Å². The Labute approximate surface area is 40.2 Å². The van der Waals surface area contributed by atoms with Gasteiger partial charge in [0.2, 0.25) is 0 Å². The van der Waals surface area contributed by atoms with Gasteiger partial charge in [0.25, 0.3) is 0 Å². The molecule has 4 heteroatoms. The number of esters is 1. The molecule has 7 heavy (non-hydrogen) atoms. The second-order valence-electron chi connectivity index (χ2n) is 0.856. The molecular formula is C3H5NO3. The fraction of sp³-hybridized carbons (Fsp3) is 0.333. The van der Waals surface area contributed by atoms with Gasteiger partial charge in [-0.25, -0.2) is 4.79 Å². The molecule has 0 heterocycles. The summed E-state index contributed by atoms with van der Waals surface area (Å²) in [4.78, 5) is 19.5. The minimum Gasteiger partial charge on any atom is -0.462 e. The molecule has 0 aromatic carbocycles. The van der Waals surface area contributed by atoms with E-state index in [2.05, 4.69) is 10.5 Å². The third-order valence-electron chi connectivity index (χ3n) is 0.387. The third-order valence-corrected chi connectivity index (χ3v) is 0.387. The molecule has 0 atom stereocenters. The van der Waals surface area contributed by atoms with E-state index >= 15 is 0 Å². The maximum absolute atomic E-state index is 9.81. The number of rotatable bonds is 0. The van der Waals surface area contributed by atoms with Crippen molar-refractivity contribution >= 4 is 11.9 Å². The van der Waals surface area contributed by atoms with Crippen molar-refractivity contribution in [3.05, 3.63) is 0 Å². The maximum atomic E-state index is 9.81. The molecule has 40 valence electrons. The molecule has 0 aliphatic heterocycles. The summed E-state index contributed by atoms with van der Waals surface area (Å²) in [6.07, 6.45) is 0. The van der Waals surface area contributed by atoms with E-state index < -0.39 is 11.9 Å². The van der Waals surface area contributed by atoms with Gasteiger partial charge in [0.1, 0.15) is 0 Å². The zero-order chi connectivity index (χ0) is 5.86. The van der Waals surface area contributed by atoms with E-state index in [0.717, 1.165) is 7.11 Å². The summed E-state index contributed by atoms with van der Waals surface area (Å²) >= 11 is 0. The molecule has 0 spiro atoms. The molecule has 0 aliphatic rings. The van der Waals surface area contributed by atoms with Crippen LogP contribution in [0.1, 0.15) is 0 Å². The molecule has 0 saturated heterocycles. The molecular weight excluding hydrogens is 98.0 g/mol. The van der Waals surface area contributed by atoms with E-state index in [1.54, 1.807) is 0 Å². The number of ether oxygens (including phenoxy) is 1. The largest absolute Gasteiger partial charge is 0.462 e. The summed E-state index contributed by atoms with van der Waals surface area (Å²) in [5.74, 6) is -2.08. The van der Waals surface area contributed by atoms with E-state index in [0.29, 0.717) is 0 Å². The van der Waals surface area contributed by atoms with Crippen LogP contribution >= 0.6 is 0 Å². The van der Waals surface area contributed by atoms with Crippen molar-refractivity contribution in [2.45, 2.75) is 0 Å². The molecule has 0 rings (SSSR count). The second kappa shape index (κ2) is 2.17. The Balaban J connectivity index is 3.58. The van der Waals surface area contributed by atoms with Crippen molar-refractivity contribution < 1.29 is 14.3 Å². The first-order valence-corrected chi connectivity index (χ1v) is 1.56. The Bertz CT molecular complexity index is 98.4. The summed E-state index contributed by atoms with van der Waals surface area (Å²) in [6.45, 7) is 0. The quantitative estimate of drug-likeness (QED) is 0.304. The number of nitrogens with two attached hydrogens (primary N) is 1. The van der Waals surface area contributed by atoms with E-state index in [4.69, 9.17) is 0 Å². The Hall–Kier alpha value is -1.06. The predicted molar refractivity (Wildman–Crippen MR) is 21.2 cm³/mol. The highest BCUT2D eigenvalue weighted by Gasteiger charge is 2.04. The zero-order valence-electron chi connectivity index (χ0n) is 3.80. The Morgan fingerprint density at radius 3 is 2.00 bits per heavy atom. The minimum absolute atomic E-state index is 1.01. The number of methoxy groups -OCH3 is 1. The molecule has 2 N–H and O–H groups in total. The molecule has 0 radical (unpaired) electrons. The lowest BCUT2D eigenvalue weighted by atomic mass is 10.7. The van der Waals surface area contributed by atoms with E-state index in [1.807, 2.05) is 0 Å². The molecule has 0 aromatic heterocycles. The lowest BCUT2D eigenvalue weighted by Crippen LogP contribution is -2.23. The second-order valence-corrected chi connectivity index (χ2v) is 0.856. The van der Waals surface area contributed by atoms with E-state index in [9.17, 15) is 9.59 Å². The summed E-state index contributed by atoms with van der Waals surface area (Å²) in [6, 6.07) is 0. The lowest BCUT2D eigenvalue weighted by molar-refractivity contribution is -0.151. The van der Waals surface area contributed by atoms with Gasteiger partial charge < -0.3 is 10.5 Å². The topological polar surface area (TPSA) is 69.4 Å². The van der Waals surface area contributed by atoms with E-state index in [1.165, 1.54) is 0 Å². The van der Waals surface area contributed by atoms with Crippen LogP contribution in [0.5, 0.6) is 0 Å². The van der Waals surface area contributed by atoms with Gasteiger partial charge in [-0.3, -0.25) is 4.79 Å².